The Kier molecular flexibility index (Phi) is 6.11. The van der Waals surface area contributed by atoms with Gasteiger partial charge in [0, 0.05) is 6.54 Å². The minimum atomic E-state index is -0.232. The molecule has 1 rings (SSSR count). The van der Waals surface area contributed by atoms with E-state index >= 15 is 0 Å². The Labute approximate surface area is 115 Å². The Morgan fingerprint density at radius 2 is 2.00 bits per heavy atom. The van der Waals surface area contributed by atoms with Crippen LogP contribution in [0.4, 0.5) is 0 Å². The molecule has 0 aliphatic carbocycles. The van der Waals surface area contributed by atoms with Gasteiger partial charge in [-0.25, -0.2) is 0 Å². The second kappa shape index (κ2) is 7.60. The molecule has 1 aromatic carbocycles. The Morgan fingerprint density at radius 1 is 1.37 bits per heavy atom. The second-order valence-electron chi connectivity index (χ2n) is 4.79. The number of benzene rings is 1. The molecule has 0 aliphatic heterocycles. The van der Waals surface area contributed by atoms with Crippen LogP contribution in [0.15, 0.2) is 24.3 Å². The van der Waals surface area contributed by atoms with Crippen LogP contribution >= 0.6 is 0 Å². The molecular weight excluding hydrogens is 238 g/mol. The van der Waals surface area contributed by atoms with Gasteiger partial charge in [-0.15, -0.1) is 6.42 Å². The highest BCUT2D eigenvalue weighted by atomic mass is 16.5. The minimum absolute atomic E-state index is 0.0335. The fourth-order valence-corrected chi connectivity index (χ4v) is 1.84. The van der Waals surface area contributed by atoms with Crippen LogP contribution in [0.5, 0.6) is 0 Å². The van der Waals surface area contributed by atoms with Crippen molar-refractivity contribution in [3.05, 3.63) is 35.4 Å². The van der Waals surface area contributed by atoms with Crippen LogP contribution in [0, 0.1) is 18.3 Å². The lowest BCUT2D eigenvalue weighted by Crippen LogP contribution is -2.32. The summed E-state index contributed by atoms with van der Waals surface area (Å²) in [5.41, 5.74) is 2.05. The molecule has 1 unspecified atom stereocenters. The highest BCUT2D eigenvalue weighted by Gasteiger charge is 2.11. The maximum absolute atomic E-state index is 11.4. The van der Waals surface area contributed by atoms with Crippen LogP contribution in [-0.2, 0) is 22.5 Å². The Hall–Kier alpha value is -1.79. The van der Waals surface area contributed by atoms with E-state index in [9.17, 15) is 4.79 Å². The number of rotatable bonds is 6. The van der Waals surface area contributed by atoms with Crippen molar-refractivity contribution in [3.63, 3.8) is 0 Å². The first kappa shape index (κ1) is 15.3. The Balaban J connectivity index is 2.73. The number of esters is 1. The van der Waals surface area contributed by atoms with E-state index in [0.29, 0.717) is 12.5 Å². The van der Waals surface area contributed by atoms with E-state index in [-0.39, 0.29) is 18.4 Å². The van der Waals surface area contributed by atoms with Gasteiger partial charge in [0.05, 0.1) is 19.6 Å². The van der Waals surface area contributed by atoms with E-state index in [0.717, 1.165) is 11.1 Å². The van der Waals surface area contributed by atoms with Gasteiger partial charge in [0.1, 0.15) is 0 Å². The van der Waals surface area contributed by atoms with Gasteiger partial charge in [-0.3, -0.25) is 10.1 Å². The SMILES string of the molecule is C#CC(NCc1ccccc1CC(=O)OC)C(C)C. The number of hydrogen-bond acceptors (Lipinski definition) is 3. The summed E-state index contributed by atoms with van der Waals surface area (Å²) in [5, 5.41) is 3.33. The molecule has 0 heterocycles. The van der Waals surface area contributed by atoms with Crippen LogP contribution < -0.4 is 5.32 Å². The number of ether oxygens (including phenoxy) is 1. The van der Waals surface area contributed by atoms with Gasteiger partial charge in [0.15, 0.2) is 0 Å². The third-order valence-corrected chi connectivity index (χ3v) is 3.04. The lowest BCUT2D eigenvalue weighted by molar-refractivity contribution is -0.139. The molecule has 3 nitrogen and oxygen atoms in total. The van der Waals surface area contributed by atoms with Crippen molar-refractivity contribution in [3.8, 4) is 12.3 Å². The fraction of sp³-hybridized carbons (Fsp3) is 0.438. The summed E-state index contributed by atoms with van der Waals surface area (Å²) in [6.07, 6.45) is 5.78. The normalized spacial score (nSPS) is 11.9. The molecule has 19 heavy (non-hydrogen) atoms. The molecular formula is C16H21NO2. The van der Waals surface area contributed by atoms with E-state index in [1.807, 2.05) is 24.3 Å². The average molecular weight is 259 g/mol. The first-order valence-electron chi connectivity index (χ1n) is 6.41. The van der Waals surface area contributed by atoms with E-state index in [4.69, 9.17) is 11.2 Å². The summed E-state index contributed by atoms with van der Waals surface area (Å²) >= 11 is 0. The molecule has 0 saturated heterocycles. The van der Waals surface area contributed by atoms with Crippen LogP contribution in [-0.4, -0.2) is 19.1 Å². The van der Waals surface area contributed by atoms with Crippen LogP contribution in [0.2, 0.25) is 0 Å². The van der Waals surface area contributed by atoms with Crippen LogP contribution in [0.1, 0.15) is 25.0 Å². The molecule has 3 heteroatoms. The molecule has 0 amide bonds. The number of methoxy groups -OCH3 is 1. The topological polar surface area (TPSA) is 38.3 Å². The maximum Gasteiger partial charge on any atom is 0.309 e. The number of terminal acetylenes is 1. The van der Waals surface area contributed by atoms with Crippen LogP contribution in [0.25, 0.3) is 0 Å². The first-order valence-corrected chi connectivity index (χ1v) is 6.41. The molecule has 0 bridgehead atoms. The summed E-state index contributed by atoms with van der Waals surface area (Å²) in [6.45, 7) is 4.82. The van der Waals surface area contributed by atoms with Crippen molar-refractivity contribution in [1.82, 2.24) is 5.32 Å². The highest BCUT2D eigenvalue weighted by Crippen LogP contribution is 2.11. The molecule has 1 N–H and O–H groups in total. The number of carbonyl (C=O) groups is 1. The monoisotopic (exact) mass is 259 g/mol. The van der Waals surface area contributed by atoms with E-state index < -0.39 is 0 Å². The predicted molar refractivity (Wildman–Crippen MR) is 76.5 cm³/mol. The van der Waals surface area contributed by atoms with Crippen molar-refractivity contribution in [2.24, 2.45) is 5.92 Å². The molecule has 0 radical (unpaired) electrons. The molecule has 102 valence electrons. The number of carbonyl (C=O) groups excluding carboxylic acids is 1. The molecule has 1 atom stereocenters. The third-order valence-electron chi connectivity index (χ3n) is 3.04. The van der Waals surface area contributed by atoms with Gasteiger partial charge in [-0.2, -0.15) is 0 Å². The largest absolute Gasteiger partial charge is 0.469 e. The maximum atomic E-state index is 11.4. The molecule has 1 aromatic rings. The summed E-state index contributed by atoms with van der Waals surface area (Å²) in [7, 11) is 1.40. The molecule has 0 fully saturated rings. The van der Waals surface area contributed by atoms with E-state index in [1.165, 1.54) is 7.11 Å². The van der Waals surface area contributed by atoms with Gasteiger partial charge < -0.3 is 4.74 Å². The minimum Gasteiger partial charge on any atom is -0.469 e. The summed E-state index contributed by atoms with van der Waals surface area (Å²) in [6, 6.07) is 7.85. The van der Waals surface area contributed by atoms with Crippen molar-refractivity contribution < 1.29 is 9.53 Å². The van der Waals surface area contributed by atoms with Gasteiger partial charge >= 0.3 is 5.97 Å². The standard InChI is InChI=1S/C16H21NO2/c1-5-15(12(2)3)17-11-14-9-7-6-8-13(14)10-16(18)19-4/h1,6-9,12,15,17H,10-11H2,2-4H3. The zero-order valence-corrected chi connectivity index (χ0v) is 11.8. The average Bonchev–Trinajstić information content (AvgIpc) is 2.40. The molecule has 0 spiro atoms. The van der Waals surface area contributed by atoms with Crippen molar-refractivity contribution in [1.29, 1.82) is 0 Å². The Bertz CT molecular complexity index is 460. The fourth-order valence-electron chi connectivity index (χ4n) is 1.84. The zero-order valence-electron chi connectivity index (χ0n) is 11.8. The highest BCUT2D eigenvalue weighted by molar-refractivity contribution is 5.72. The molecule has 0 aliphatic rings. The Morgan fingerprint density at radius 3 is 2.53 bits per heavy atom. The number of nitrogens with one attached hydrogen (secondary N) is 1. The zero-order chi connectivity index (χ0) is 14.3. The van der Waals surface area contributed by atoms with Gasteiger partial charge in [-0.1, -0.05) is 44.0 Å². The predicted octanol–water partition coefficient (Wildman–Crippen LogP) is 2.15. The first-order chi connectivity index (χ1) is 9.08. The number of hydrogen-bond donors (Lipinski definition) is 1. The molecule has 0 aromatic heterocycles. The van der Waals surface area contributed by atoms with Crippen molar-refractivity contribution in [2.45, 2.75) is 32.9 Å². The third kappa shape index (κ3) is 4.76. The van der Waals surface area contributed by atoms with Gasteiger partial charge in [-0.05, 0) is 17.0 Å². The quantitative estimate of drug-likeness (QED) is 0.628. The molecule has 0 saturated carbocycles. The van der Waals surface area contributed by atoms with Crippen molar-refractivity contribution >= 4 is 5.97 Å². The van der Waals surface area contributed by atoms with E-state index in [1.54, 1.807) is 0 Å². The van der Waals surface area contributed by atoms with Crippen LogP contribution in [0.3, 0.4) is 0 Å². The van der Waals surface area contributed by atoms with Gasteiger partial charge in [0.25, 0.3) is 0 Å². The summed E-state index contributed by atoms with van der Waals surface area (Å²) in [5.74, 6) is 2.88. The lowest BCUT2D eigenvalue weighted by Gasteiger charge is -2.17. The summed E-state index contributed by atoms with van der Waals surface area (Å²) in [4.78, 5) is 11.4. The van der Waals surface area contributed by atoms with Crippen molar-refractivity contribution in [2.75, 3.05) is 7.11 Å². The van der Waals surface area contributed by atoms with Gasteiger partial charge in [0.2, 0.25) is 0 Å². The smallest absolute Gasteiger partial charge is 0.309 e. The van der Waals surface area contributed by atoms with E-state index in [2.05, 4.69) is 25.1 Å². The summed E-state index contributed by atoms with van der Waals surface area (Å²) < 4.78 is 4.70. The second-order valence-corrected chi connectivity index (χ2v) is 4.79. The lowest BCUT2D eigenvalue weighted by atomic mass is 10.0.